The lowest BCUT2D eigenvalue weighted by Gasteiger charge is -2.25. The molecule has 1 aromatic heterocycles. The Bertz CT molecular complexity index is 1580. The molecule has 6 rings (SSSR count). The predicted octanol–water partition coefficient (Wildman–Crippen LogP) is 5.18. The molecule has 7 nitrogen and oxygen atoms in total. The number of amides is 1. The van der Waals surface area contributed by atoms with Crippen LogP contribution in [-0.2, 0) is 16.0 Å². The molecule has 0 bridgehead atoms. The van der Waals surface area contributed by atoms with Gasteiger partial charge in [0.1, 0.15) is 17.6 Å². The van der Waals surface area contributed by atoms with E-state index in [1.54, 1.807) is 6.07 Å². The quantitative estimate of drug-likeness (QED) is 0.232. The second kappa shape index (κ2) is 8.55. The number of aromatic nitrogens is 1. The highest BCUT2D eigenvalue weighted by molar-refractivity contribution is 6.51. The number of aromatic amines is 1. The van der Waals surface area contributed by atoms with Crippen LogP contribution in [0.15, 0.2) is 78.5 Å². The van der Waals surface area contributed by atoms with E-state index in [-0.39, 0.29) is 17.4 Å². The number of ketones is 1. The lowest BCUT2D eigenvalue weighted by atomic mass is 9.94. The molecule has 2 aliphatic rings. The summed E-state index contributed by atoms with van der Waals surface area (Å²) in [6.45, 7) is 1.99. The van der Waals surface area contributed by atoms with Gasteiger partial charge < -0.3 is 19.7 Å². The molecule has 186 valence electrons. The number of aliphatic hydroxyl groups is 1. The fourth-order valence-electron chi connectivity index (χ4n) is 5.35. The Morgan fingerprint density at radius 1 is 1.05 bits per heavy atom. The van der Waals surface area contributed by atoms with Crippen molar-refractivity contribution >= 4 is 39.7 Å². The zero-order valence-corrected chi connectivity index (χ0v) is 20.9. The minimum atomic E-state index is -0.801. The number of aliphatic hydroxyl groups excluding tert-OH is 1. The highest BCUT2D eigenvalue weighted by Crippen LogP contribution is 2.45. The van der Waals surface area contributed by atoms with Crippen LogP contribution in [0.4, 0.5) is 11.4 Å². The summed E-state index contributed by atoms with van der Waals surface area (Å²) in [5.41, 5.74) is 4.70. The Morgan fingerprint density at radius 2 is 1.81 bits per heavy atom. The van der Waals surface area contributed by atoms with E-state index >= 15 is 0 Å². The van der Waals surface area contributed by atoms with Gasteiger partial charge in [-0.05, 0) is 61.0 Å². The van der Waals surface area contributed by atoms with E-state index in [0.717, 1.165) is 39.9 Å². The summed E-state index contributed by atoms with van der Waals surface area (Å²) < 4.78 is 5.80. The van der Waals surface area contributed by atoms with Crippen molar-refractivity contribution in [3.63, 3.8) is 0 Å². The number of rotatable bonds is 4. The van der Waals surface area contributed by atoms with Crippen molar-refractivity contribution in [2.75, 3.05) is 23.9 Å². The third kappa shape index (κ3) is 3.66. The Morgan fingerprint density at radius 3 is 2.57 bits per heavy atom. The molecule has 0 spiro atoms. The molecule has 37 heavy (non-hydrogen) atoms. The lowest BCUT2D eigenvalue weighted by Crippen LogP contribution is -2.29. The number of Topliss-reactive ketones (excluding diaryl/α,β-unsaturated/α-hetero) is 1. The number of carbonyl (C=O) groups excluding carboxylic acids is 2. The summed E-state index contributed by atoms with van der Waals surface area (Å²) in [7, 11) is 3.88. The van der Waals surface area contributed by atoms with Gasteiger partial charge >= 0.3 is 0 Å². The number of carbonyl (C=O) groups is 2. The van der Waals surface area contributed by atoms with E-state index in [1.807, 2.05) is 92.8 Å². The summed E-state index contributed by atoms with van der Waals surface area (Å²) in [5, 5.41) is 12.4. The molecule has 1 amide bonds. The van der Waals surface area contributed by atoms with Crippen molar-refractivity contribution < 1.29 is 19.4 Å². The number of H-pyrrole nitrogens is 1. The number of hydrogen-bond acceptors (Lipinski definition) is 5. The van der Waals surface area contributed by atoms with E-state index in [0.29, 0.717) is 11.3 Å². The maximum absolute atomic E-state index is 13.6. The Kier molecular flexibility index (Phi) is 5.30. The molecule has 2 aliphatic heterocycles. The van der Waals surface area contributed by atoms with Gasteiger partial charge in [0, 0.05) is 60.1 Å². The molecule has 0 radical (unpaired) electrons. The van der Waals surface area contributed by atoms with Crippen LogP contribution in [0.3, 0.4) is 0 Å². The summed E-state index contributed by atoms with van der Waals surface area (Å²) in [6.07, 6.45) is 2.58. The fraction of sp³-hybridized carbons (Fsp3) is 0.200. The number of ether oxygens (including phenoxy) is 1. The van der Waals surface area contributed by atoms with Gasteiger partial charge in [-0.2, -0.15) is 0 Å². The van der Waals surface area contributed by atoms with Crippen LogP contribution in [0, 0.1) is 0 Å². The van der Waals surface area contributed by atoms with Crippen LogP contribution < -0.4 is 14.5 Å². The van der Waals surface area contributed by atoms with E-state index in [2.05, 4.69) is 4.98 Å². The van der Waals surface area contributed by atoms with Crippen LogP contribution >= 0.6 is 0 Å². The van der Waals surface area contributed by atoms with Crippen LogP contribution in [0.2, 0.25) is 0 Å². The molecule has 3 aromatic carbocycles. The number of anilines is 2. The topological polar surface area (TPSA) is 85.9 Å². The molecule has 2 atom stereocenters. The smallest absolute Gasteiger partial charge is 0.300 e. The minimum absolute atomic E-state index is 0.0503. The van der Waals surface area contributed by atoms with Crippen molar-refractivity contribution in [3.05, 3.63) is 95.2 Å². The minimum Gasteiger partial charge on any atom is -0.507 e. The monoisotopic (exact) mass is 493 g/mol. The highest BCUT2D eigenvalue weighted by Gasteiger charge is 2.47. The Balaban J connectivity index is 1.55. The maximum atomic E-state index is 13.6. The number of para-hydroxylation sites is 1. The number of fused-ring (bicyclic) bond motifs is 2. The van der Waals surface area contributed by atoms with Crippen molar-refractivity contribution in [2.24, 2.45) is 0 Å². The molecule has 4 aromatic rings. The summed E-state index contributed by atoms with van der Waals surface area (Å²) in [4.78, 5) is 33.8. The van der Waals surface area contributed by atoms with Gasteiger partial charge in [-0.15, -0.1) is 0 Å². The number of nitrogens with zero attached hydrogens (tertiary/aromatic N) is 2. The van der Waals surface area contributed by atoms with Gasteiger partial charge in [0.25, 0.3) is 11.7 Å². The molecule has 0 aliphatic carbocycles. The SMILES string of the molecule is CC1Cc2cc(/C(O)=C3\C(=O)C(=O)N(c4ccc(N(C)C)cc4)C3c3c[nH]c4ccccc34)ccc2O1. The first kappa shape index (κ1) is 22.9. The molecular weight excluding hydrogens is 466 g/mol. The number of hydrogen-bond donors (Lipinski definition) is 2. The van der Waals surface area contributed by atoms with Gasteiger partial charge in [-0.1, -0.05) is 18.2 Å². The van der Waals surface area contributed by atoms with E-state index in [1.165, 1.54) is 4.90 Å². The van der Waals surface area contributed by atoms with Crippen LogP contribution in [0.5, 0.6) is 5.75 Å². The Hall–Kier alpha value is -4.52. The lowest BCUT2D eigenvalue weighted by molar-refractivity contribution is -0.132. The van der Waals surface area contributed by atoms with Crippen molar-refractivity contribution in [2.45, 2.75) is 25.5 Å². The Labute approximate surface area is 214 Å². The molecule has 2 N–H and O–H groups in total. The van der Waals surface area contributed by atoms with Gasteiger partial charge in [0.05, 0.1) is 11.6 Å². The van der Waals surface area contributed by atoms with E-state index in [9.17, 15) is 14.7 Å². The molecular formula is C30H27N3O4. The van der Waals surface area contributed by atoms with Crippen molar-refractivity contribution in [1.82, 2.24) is 4.98 Å². The molecule has 7 heteroatoms. The van der Waals surface area contributed by atoms with Crippen LogP contribution in [0.25, 0.3) is 16.7 Å². The van der Waals surface area contributed by atoms with Gasteiger partial charge in [0.2, 0.25) is 0 Å². The molecule has 2 unspecified atom stereocenters. The molecule has 1 fully saturated rings. The van der Waals surface area contributed by atoms with Crippen LogP contribution in [-0.4, -0.2) is 42.0 Å². The third-order valence-corrected chi connectivity index (χ3v) is 7.17. The third-order valence-electron chi connectivity index (χ3n) is 7.17. The first-order valence-corrected chi connectivity index (χ1v) is 12.3. The summed E-state index contributed by atoms with van der Waals surface area (Å²) >= 11 is 0. The van der Waals surface area contributed by atoms with Crippen molar-refractivity contribution in [1.29, 1.82) is 0 Å². The first-order valence-electron chi connectivity index (χ1n) is 12.3. The van der Waals surface area contributed by atoms with Crippen LogP contribution in [0.1, 0.15) is 29.7 Å². The largest absolute Gasteiger partial charge is 0.507 e. The zero-order valence-electron chi connectivity index (χ0n) is 20.9. The molecule has 0 saturated carbocycles. The summed E-state index contributed by atoms with van der Waals surface area (Å²) in [6, 6.07) is 19.8. The fourth-order valence-corrected chi connectivity index (χ4v) is 5.35. The van der Waals surface area contributed by atoms with Gasteiger partial charge in [0.15, 0.2) is 0 Å². The summed E-state index contributed by atoms with van der Waals surface area (Å²) in [5.74, 6) is -0.802. The number of benzene rings is 3. The zero-order chi connectivity index (χ0) is 25.8. The first-order chi connectivity index (χ1) is 17.8. The van der Waals surface area contributed by atoms with Crippen molar-refractivity contribution in [3.8, 4) is 5.75 Å². The average molecular weight is 494 g/mol. The van der Waals surface area contributed by atoms with E-state index < -0.39 is 17.7 Å². The van der Waals surface area contributed by atoms with E-state index in [4.69, 9.17) is 4.74 Å². The number of nitrogens with one attached hydrogen (secondary N) is 1. The normalized spacial score (nSPS) is 20.4. The second-order valence-electron chi connectivity index (χ2n) is 9.82. The maximum Gasteiger partial charge on any atom is 0.300 e. The standard InChI is InChI=1S/C30H27N3O4/c1-17-14-19-15-18(8-13-25(19)37-17)28(34)26-27(23-16-31-24-7-5-4-6-22(23)24)33(30(36)29(26)35)21-11-9-20(10-12-21)32(2)3/h4-13,15-17,27,31,34H,14H2,1-3H3/b28-26+. The molecule has 3 heterocycles. The van der Waals surface area contributed by atoms with Gasteiger partial charge in [-0.25, -0.2) is 0 Å². The second-order valence-corrected chi connectivity index (χ2v) is 9.82. The molecule has 1 saturated heterocycles. The highest BCUT2D eigenvalue weighted by atomic mass is 16.5. The van der Waals surface area contributed by atoms with Gasteiger partial charge in [-0.3, -0.25) is 14.5 Å². The average Bonchev–Trinajstić information content (AvgIpc) is 3.56. The predicted molar refractivity (Wildman–Crippen MR) is 144 cm³/mol.